The molecule has 0 aliphatic heterocycles. The Hall–Kier alpha value is -0.740. The zero-order valence-electron chi connectivity index (χ0n) is 9.26. The van der Waals surface area contributed by atoms with Crippen LogP contribution >= 0.6 is 48.0 Å². The van der Waals surface area contributed by atoms with Crippen molar-refractivity contribution in [3.05, 3.63) is 46.7 Å². The summed E-state index contributed by atoms with van der Waals surface area (Å²) in [5.41, 5.74) is 2.00. The number of aryl methyl sites for hydroxylation is 1. The van der Waals surface area contributed by atoms with E-state index in [1.54, 1.807) is 22.9 Å². The van der Waals surface area contributed by atoms with Gasteiger partial charge in [0.1, 0.15) is 0 Å². The fourth-order valence-electron chi connectivity index (χ4n) is 1.36. The fraction of sp³-hybridized carbons (Fsp3) is 0.167. The molecule has 0 N–H and O–H groups in total. The monoisotopic (exact) mass is 342 g/mol. The van der Waals surface area contributed by atoms with E-state index >= 15 is 0 Å². The molecule has 0 amide bonds. The van der Waals surface area contributed by atoms with Gasteiger partial charge in [0, 0.05) is 6.20 Å². The van der Waals surface area contributed by atoms with Crippen molar-refractivity contribution in [2.75, 3.05) is 0 Å². The quantitative estimate of drug-likeness (QED) is 0.741. The third kappa shape index (κ3) is 4.69. The first-order valence-electron chi connectivity index (χ1n) is 4.60. The van der Waals surface area contributed by atoms with Crippen LogP contribution in [0.1, 0.15) is 23.5 Å². The summed E-state index contributed by atoms with van der Waals surface area (Å²) in [6.07, 6.45) is 1.82. The Morgan fingerprint density at radius 2 is 1.89 bits per heavy atom. The van der Waals surface area contributed by atoms with Crippen LogP contribution in [0.4, 0.5) is 0 Å². The van der Waals surface area contributed by atoms with Crippen molar-refractivity contribution in [1.82, 2.24) is 9.78 Å². The second-order valence-electron chi connectivity index (χ2n) is 3.34. The zero-order chi connectivity index (χ0) is 11.7. The van der Waals surface area contributed by atoms with Gasteiger partial charge in [0.25, 0.3) is 5.24 Å². The van der Waals surface area contributed by atoms with Crippen LogP contribution < -0.4 is 0 Å². The molecule has 0 unspecified atom stereocenters. The number of hydrogen-bond donors (Lipinski definition) is 0. The van der Waals surface area contributed by atoms with Crippen molar-refractivity contribution in [1.29, 1.82) is 0 Å². The number of aromatic nitrogens is 2. The first-order chi connectivity index (χ1) is 7.58. The van der Waals surface area contributed by atoms with Crippen LogP contribution in [-0.2, 0) is 0 Å². The highest BCUT2D eigenvalue weighted by molar-refractivity contribution is 6.68. The van der Waals surface area contributed by atoms with Crippen LogP contribution in [0.3, 0.4) is 0 Å². The molecule has 1 heterocycles. The molecular weight excluding hydrogens is 330 g/mol. The van der Waals surface area contributed by atoms with E-state index in [2.05, 4.69) is 5.10 Å². The second kappa shape index (κ2) is 8.43. The number of carbonyl (C=O) groups excluding carboxylic acids is 1. The molecule has 1 aromatic carbocycles. The summed E-state index contributed by atoms with van der Waals surface area (Å²) in [5.74, 6) is 0. The minimum absolute atomic E-state index is 0. The molecule has 2 rings (SSSR count). The highest BCUT2D eigenvalue weighted by Crippen LogP contribution is 2.21. The van der Waals surface area contributed by atoms with Gasteiger partial charge in [0.15, 0.2) is 0 Å². The molecule has 19 heavy (non-hydrogen) atoms. The van der Waals surface area contributed by atoms with Crippen molar-refractivity contribution >= 4 is 53.3 Å². The average Bonchev–Trinajstić information content (AvgIpc) is 2.64. The maximum Gasteiger partial charge on any atom is 0.253 e. The lowest BCUT2D eigenvalue weighted by Gasteiger charge is -2.04. The molecule has 3 nitrogen and oxygen atoms in total. The Balaban J connectivity index is 0. The number of nitrogens with zero attached hydrogens (tertiary/aromatic N) is 2. The Morgan fingerprint density at radius 1 is 1.26 bits per heavy atom. The third-order valence-electron chi connectivity index (χ3n) is 2.15. The topological polar surface area (TPSA) is 34.9 Å². The van der Waals surface area contributed by atoms with Gasteiger partial charge < -0.3 is 0 Å². The highest BCUT2D eigenvalue weighted by Gasteiger charge is 2.09. The van der Waals surface area contributed by atoms with E-state index in [1.165, 1.54) is 0 Å². The minimum atomic E-state index is -0.562. The van der Waals surface area contributed by atoms with E-state index in [9.17, 15) is 4.79 Å². The van der Waals surface area contributed by atoms with Crippen molar-refractivity contribution in [2.45, 2.75) is 14.4 Å². The molecule has 2 aromatic rings. The molecule has 0 bridgehead atoms. The third-order valence-corrected chi connectivity index (χ3v) is 2.67. The summed E-state index contributed by atoms with van der Waals surface area (Å²) in [4.78, 5) is 11.0. The van der Waals surface area contributed by atoms with Crippen LogP contribution in [-0.4, -0.2) is 15.0 Å². The maximum atomic E-state index is 11.0. The van der Waals surface area contributed by atoms with Crippen LogP contribution in [0.2, 0.25) is 5.02 Å². The molecule has 0 fully saturated rings. The summed E-state index contributed by atoms with van der Waals surface area (Å²) in [6.45, 7) is 1.90. The maximum absolute atomic E-state index is 11.0. The van der Waals surface area contributed by atoms with Crippen molar-refractivity contribution in [3.8, 4) is 5.69 Å². The second-order valence-corrected chi connectivity index (χ2v) is 4.09. The standard InChI is InChI=1S/C11H8Cl2N2O.CH4.2ClH/c1-7-4-5-15(14-7)8-2-3-9(11(13)16)10(12)6-8;;;/h2-6H,1H3;1H4;2*1H. The molecule has 0 spiro atoms. The SMILES string of the molecule is C.Cc1ccn(-c2ccc(C(=O)Cl)c(Cl)c2)n1.Cl.Cl. The molecule has 0 aliphatic rings. The molecule has 1 aromatic heterocycles. The van der Waals surface area contributed by atoms with E-state index in [0.29, 0.717) is 10.6 Å². The van der Waals surface area contributed by atoms with E-state index in [0.717, 1.165) is 11.4 Å². The molecular formula is C12H14Cl4N2O. The summed E-state index contributed by atoms with van der Waals surface area (Å²) in [6, 6.07) is 6.87. The van der Waals surface area contributed by atoms with E-state index in [1.807, 2.05) is 19.2 Å². The van der Waals surface area contributed by atoms with Gasteiger partial charge in [0.2, 0.25) is 0 Å². The smallest absolute Gasteiger partial charge is 0.253 e. The van der Waals surface area contributed by atoms with Gasteiger partial charge in [0.05, 0.1) is 22.0 Å². The molecule has 0 saturated carbocycles. The number of halogens is 4. The predicted molar refractivity (Wildman–Crippen MR) is 84.7 cm³/mol. The van der Waals surface area contributed by atoms with Gasteiger partial charge in [-0.2, -0.15) is 5.10 Å². The van der Waals surface area contributed by atoms with Crippen LogP contribution in [0.5, 0.6) is 0 Å². The number of carbonyl (C=O) groups is 1. The molecule has 7 heteroatoms. The van der Waals surface area contributed by atoms with Gasteiger partial charge in [-0.05, 0) is 42.8 Å². The largest absolute Gasteiger partial charge is 0.276 e. The van der Waals surface area contributed by atoms with Crippen molar-refractivity contribution in [2.24, 2.45) is 0 Å². The summed E-state index contributed by atoms with van der Waals surface area (Å²) >= 11 is 11.3. The lowest BCUT2D eigenvalue weighted by molar-refractivity contribution is 0.108. The van der Waals surface area contributed by atoms with Gasteiger partial charge in [-0.15, -0.1) is 24.8 Å². The van der Waals surface area contributed by atoms with Gasteiger partial charge >= 0.3 is 0 Å². The zero-order valence-corrected chi connectivity index (χ0v) is 12.4. The summed E-state index contributed by atoms with van der Waals surface area (Å²) in [5, 5.41) is 4.00. The predicted octanol–water partition coefficient (Wildman–Crippen LogP) is 4.69. The highest BCUT2D eigenvalue weighted by atomic mass is 35.5. The minimum Gasteiger partial charge on any atom is -0.276 e. The Bertz CT molecular complexity index is 554. The molecule has 0 saturated heterocycles. The number of hydrogen-bond acceptors (Lipinski definition) is 2. The average molecular weight is 344 g/mol. The first kappa shape index (κ1) is 20.6. The Kier molecular flexibility index (Phi) is 9.13. The van der Waals surface area contributed by atoms with Crippen LogP contribution in [0.25, 0.3) is 5.69 Å². The fourth-order valence-corrected chi connectivity index (χ4v) is 1.84. The van der Waals surface area contributed by atoms with Crippen molar-refractivity contribution < 1.29 is 4.79 Å². The van der Waals surface area contributed by atoms with E-state index in [-0.39, 0.29) is 32.2 Å². The normalized spacial score (nSPS) is 8.79. The molecule has 106 valence electrons. The van der Waals surface area contributed by atoms with Gasteiger partial charge in [-0.25, -0.2) is 4.68 Å². The Morgan fingerprint density at radius 3 is 2.32 bits per heavy atom. The lowest BCUT2D eigenvalue weighted by Crippen LogP contribution is -1.97. The van der Waals surface area contributed by atoms with Gasteiger partial charge in [-0.3, -0.25) is 4.79 Å². The van der Waals surface area contributed by atoms with Crippen molar-refractivity contribution in [3.63, 3.8) is 0 Å². The summed E-state index contributed by atoms with van der Waals surface area (Å²) in [7, 11) is 0. The lowest BCUT2D eigenvalue weighted by atomic mass is 10.2. The van der Waals surface area contributed by atoms with Crippen LogP contribution in [0, 0.1) is 6.92 Å². The molecule has 0 aliphatic carbocycles. The van der Waals surface area contributed by atoms with E-state index < -0.39 is 5.24 Å². The number of rotatable bonds is 2. The van der Waals surface area contributed by atoms with Crippen LogP contribution in [0.15, 0.2) is 30.5 Å². The summed E-state index contributed by atoms with van der Waals surface area (Å²) < 4.78 is 1.68. The van der Waals surface area contributed by atoms with E-state index in [4.69, 9.17) is 23.2 Å². The first-order valence-corrected chi connectivity index (χ1v) is 5.35. The van der Waals surface area contributed by atoms with Gasteiger partial charge in [-0.1, -0.05) is 19.0 Å². The molecule has 0 atom stereocenters. The number of benzene rings is 1. The molecule has 0 radical (unpaired) electrons. The Labute approximate surface area is 134 Å².